The quantitative estimate of drug-likeness (QED) is 0.760. The maximum absolute atomic E-state index is 11.1. The maximum atomic E-state index is 11.1. The van der Waals surface area contributed by atoms with Crippen LogP contribution < -0.4 is 10.4 Å². The average molecular weight is 232 g/mol. The molecule has 0 unspecified atom stereocenters. The van der Waals surface area contributed by atoms with Crippen LogP contribution in [0.5, 0.6) is 5.75 Å². The van der Waals surface area contributed by atoms with Gasteiger partial charge in [0.05, 0.1) is 0 Å². The number of aryl methyl sites for hydroxylation is 1. The molecule has 0 aliphatic carbocycles. The number of Topliss-reactive ketones (excluding diaryl/α,β-unsaturated/α-hetero) is 1. The van der Waals surface area contributed by atoms with Crippen molar-refractivity contribution in [1.82, 2.24) is 0 Å². The molecular weight excluding hydrogens is 220 g/mol. The molecule has 0 spiro atoms. The van der Waals surface area contributed by atoms with Crippen molar-refractivity contribution >= 4 is 16.8 Å². The predicted molar refractivity (Wildman–Crippen MR) is 63.4 cm³/mol. The maximum Gasteiger partial charge on any atom is 0.336 e. The molecule has 0 aliphatic heterocycles. The molecule has 0 fully saturated rings. The van der Waals surface area contributed by atoms with Crippen molar-refractivity contribution in [3.63, 3.8) is 0 Å². The summed E-state index contributed by atoms with van der Waals surface area (Å²) in [6, 6.07) is 6.52. The number of benzene rings is 1. The lowest BCUT2D eigenvalue weighted by molar-refractivity contribution is -0.118. The van der Waals surface area contributed by atoms with Crippen LogP contribution in [-0.4, -0.2) is 12.4 Å². The molecule has 0 aliphatic rings. The number of rotatable bonds is 3. The summed E-state index contributed by atoms with van der Waals surface area (Å²) in [7, 11) is 0. The first kappa shape index (κ1) is 11.4. The van der Waals surface area contributed by atoms with Crippen LogP contribution in [-0.2, 0) is 4.79 Å². The van der Waals surface area contributed by atoms with Crippen molar-refractivity contribution in [2.24, 2.45) is 0 Å². The highest BCUT2D eigenvalue weighted by Gasteiger charge is 2.05. The third kappa shape index (κ3) is 2.53. The largest absolute Gasteiger partial charge is 0.486 e. The molecule has 2 rings (SSSR count). The van der Waals surface area contributed by atoms with E-state index >= 15 is 0 Å². The fourth-order valence-corrected chi connectivity index (χ4v) is 1.59. The Bertz CT molecular complexity index is 625. The highest BCUT2D eigenvalue weighted by Crippen LogP contribution is 2.23. The summed E-state index contributed by atoms with van der Waals surface area (Å²) in [5.74, 6) is 0.469. The molecule has 0 saturated heterocycles. The average Bonchev–Trinajstić information content (AvgIpc) is 2.25. The van der Waals surface area contributed by atoms with Crippen LogP contribution in [0.25, 0.3) is 11.0 Å². The number of carbonyl (C=O) groups is 1. The molecule has 1 aromatic heterocycles. The highest BCUT2D eigenvalue weighted by molar-refractivity contribution is 5.82. The van der Waals surface area contributed by atoms with Crippen molar-refractivity contribution in [2.45, 2.75) is 13.8 Å². The van der Waals surface area contributed by atoms with Gasteiger partial charge in [-0.05, 0) is 31.5 Å². The molecule has 17 heavy (non-hydrogen) atoms. The molecule has 1 heterocycles. The van der Waals surface area contributed by atoms with E-state index in [0.717, 1.165) is 10.9 Å². The molecule has 1 aromatic carbocycles. The minimum absolute atomic E-state index is 0.0159. The summed E-state index contributed by atoms with van der Waals surface area (Å²) in [6.45, 7) is 3.36. The third-order valence-electron chi connectivity index (χ3n) is 2.36. The van der Waals surface area contributed by atoms with Crippen LogP contribution in [0.2, 0.25) is 0 Å². The summed E-state index contributed by atoms with van der Waals surface area (Å²) >= 11 is 0. The van der Waals surface area contributed by atoms with Gasteiger partial charge in [0.1, 0.15) is 17.9 Å². The van der Waals surface area contributed by atoms with Gasteiger partial charge in [0.25, 0.3) is 0 Å². The van der Waals surface area contributed by atoms with E-state index in [2.05, 4.69) is 0 Å². The Kier molecular flexibility index (Phi) is 2.95. The number of hydrogen-bond donors (Lipinski definition) is 0. The van der Waals surface area contributed by atoms with Gasteiger partial charge in [-0.25, -0.2) is 4.79 Å². The van der Waals surface area contributed by atoms with E-state index in [1.54, 1.807) is 12.1 Å². The summed E-state index contributed by atoms with van der Waals surface area (Å²) in [4.78, 5) is 21.9. The summed E-state index contributed by atoms with van der Waals surface area (Å²) in [5.41, 5.74) is 1.00. The van der Waals surface area contributed by atoms with Crippen LogP contribution in [0.3, 0.4) is 0 Å². The summed E-state index contributed by atoms with van der Waals surface area (Å²) in [5, 5.41) is 0.861. The second kappa shape index (κ2) is 4.41. The third-order valence-corrected chi connectivity index (χ3v) is 2.36. The van der Waals surface area contributed by atoms with E-state index in [0.29, 0.717) is 11.3 Å². The molecule has 4 nitrogen and oxygen atoms in total. The predicted octanol–water partition coefficient (Wildman–Crippen LogP) is 2.07. The van der Waals surface area contributed by atoms with Crippen molar-refractivity contribution in [1.29, 1.82) is 0 Å². The number of ketones is 1. The number of carbonyl (C=O) groups excluding carboxylic acids is 1. The van der Waals surface area contributed by atoms with Gasteiger partial charge in [0.15, 0.2) is 5.78 Å². The zero-order chi connectivity index (χ0) is 12.4. The molecule has 88 valence electrons. The van der Waals surface area contributed by atoms with E-state index in [9.17, 15) is 9.59 Å². The van der Waals surface area contributed by atoms with Crippen molar-refractivity contribution in [2.75, 3.05) is 6.61 Å². The normalized spacial score (nSPS) is 10.5. The molecule has 0 bridgehead atoms. The second-order valence-electron chi connectivity index (χ2n) is 3.90. The standard InChI is InChI=1S/C13H12O4/c1-8-5-10(16-7-9(2)14)6-12-11(8)3-4-13(15)17-12/h3-6H,7H2,1-2H3. The lowest BCUT2D eigenvalue weighted by atomic mass is 10.1. The van der Waals surface area contributed by atoms with Crippen LogP contribution >= 0.6 is 0 Å². The van der Waals surface area contributed by atoms with Gasteiger partial charge in [0.2, 0.25) is 0 Å². The minimum Gasteiger partial charge on any atom is -0.486 e. The van der Waals surface area contributed by atoms with Crippen LogP contribution in [0.4, 0.5) is 0 Å². The fourth-order valence-electron chi connectivity index (χ4n) is 1.59. The number of hydrogen-bond acceptors (Lipinski definition) is 4. The molecule has 0 radical (unpaired) electrons. The Morgan fingerprint density at radius 2 is 2.12 bits per heavy atom. The molecule has 2 aromatic rings. The molecule has 0 saturated carbocycles. The summed E-state index contributed by atoms with van der Waals surface area (Å²) < 4.78 is 10.4. The van der Waals surface area contributed by atoms with E-state index in [1.165, 1.54) is 13.0 Å². The van der Waals surface area contributed by atoms with Crippen LogP contribution in [0.15, 0.2) is 33.5 Å². The van der Waals surface area contributed by atoms with E-state index in [4.69, 9.17) is 9.15 Å². The smallest absolute Gasteiger partial charge is 0.336 e. The van der Waals surface area contributed by atoms with Gasteiger partial charge in [-0.2, -0.15) is 0 Å². The van der Waals surface area contributed by atoms with Gasteiger partial charge in [-0.1, -0.05) is 0 Å². The second-order valence-corrected chi connectivity index (χ2v) is 3.90. The van der Waals surface area contributed by atoms with Gasteiger partial charge in [-0.15, -0.1) is 0 Å². The Labute approximate surface area is 97.8 Å². The van der Waals surface area contributed by atoms with Gasteiger partial charge in [-0.3, -0.25) is 4.79 Å². The van der Waals surface area contributed by atoms with Crippen molar-refractivity contribution in [3.05, 3.63) is 40.2 Å². The van der Waals surface area contributed by atoms with Crippen molar-refractivity contribution < 1.29 is 13.9 Å². The van der Waals surface area contributed by atoms with Crippen LogP contribution in [0.1, 0.15) is 12.5 Å². The first-order chi connectivity index (χ1) is 8.06. The Hall–Kier alpha value is -2.10. The molecule has 0 atom stereocenters. The monoisotopic (exact) mass is 232 g/mol. The minimum atomic E-state index is -0.402. The molecular formula is C13H12O4. The van der Waals surface area contributed by atoms with E-state index in [1.807, 2.05) is 13.0 Å². The molecule has 4 heteroatoms. The summed E-state index contributed by atoms with van der Waals surface area (Å²) in [6.07, 6.45) is 0. The first-order valence-electron chi connectivity index (χ1n) is 5.23. The number of fused-ring (bicyclic) bond motifs is 1. The first-order valence-corrected chi connectivity index (χ1v) is 5.23. The van der Waals surface area contributed by atoms with Gasteiger partial charge < -0.3 is 9.15 Å². The fraction of sp³-hybridized carbons (Fsp3) is 0.231. The van der Waals surface area contributed by atoms with E-state index in [-0.39, 0.29) is 12.4 Å². The Morgan fingerprint density at radius 1 is 1.35 bits per heavy atom. The molecule has 0 amide bonds. The Morgan fingerprint density at radius 3 is 2.82 bits per heavy atom. The van der Waals surface area contributed by atoms with Gasteiger partial charge in [0, 0.05) is 17.5 Å². The molecule has 0 N–H and O–H groups in total. The zero-order valence-electron chi connectivity index (χ0n) is 9.65. The van der Waals surface area contributed by atoms with Gasteiger partial charge >= 0.3 is 5.63 Å². The lowest BCUT2D eigenvalue weighted by Gasteiger charge is -2.07. The lowest BCUT2D eigenvalue weighted by Crippen LogP contribution is -2.06. The van der Waals surface area contributed by atoms with Crippen molar-refractivity contribution in [3.8, 4) is 5.75 Å². The SMILES string of the molecule is CC(=O)COc1cc(C)c2ccc(=O)oc2c1. The zero-order valence-corrected chi connectivity index (χ0v) is 9.65. The number of ether oxygens (including phenoxy) is 1. The highest BCUT2D eigenvalue weighted by atomic mass is 16.5. The van der Waals surface area contributed by atoms with Crippen LogP contribution in [0, 0.1) is 6.92 Å². The topological polar surface area (TPSA) is 56.5 Å². The Balaban J connectivity index is 2.46. The van der Waals surface area contributed by atoms with E-state index < -0.39 is 5.63 Å².